The average Bonchev–Trinajstić information content (AvgIpc) is 3.68. The van der Waals surface area contributed by atoms with E-state index >= 15 is 0 Å². The molecule has 4 heterocycles. The highest BCUT2D eigenvalue weighted by atomic mass is 32.2. The van der Waals surface area contributed by atoms with Gasteiger partial charge in [-0.3, -0.25) is 27.5 Å². The van der Waals surface area contributed by atoms with Crippen molar-refractivity contribution in [2.24, 2.45) is 0 Å². The van der Waals surface area contributed by atoms with E-state index < -0.39 is 41.1 Å². The van der Waals surface area contributed by atoms with Gasteiger partial charge < -0.3 is 10.2 Å². The van der Waals surface area contributed by atoms with Crippen molar-refractivity contribution in [2.45, 2.75) is 9.79 Å². The van der Waals surface area contributed by atoms with Gasteiger partial charge in [-0.15, -0.1) is 0 Å². The van der Waals surface area contributed by atoms with E-state index in [0.29, 0.717) is 53.9 Å². The molecular formula is C36H16N4O10S2. The van der Waals surface area contributed by atoms with Crippen molar-refractivity contribution in [2.75, 3.05) is 0 Å². The summed E-state index contributed by atoms with van der Waals surface area (Å²) >= 11 is 0. The largest absolute Gasteiger partial charge is 0.507 e. The van der Waals surface area contributed by atoms with Gasteiger partial charge in [-0.1, -0.05) is 12.1 Å². The number of rotatable bonds is 2. The molecule has 16 heteroatoms. The Morgan fingerprint density at radius 2 is 0.846 bits per heavy atom. The van der Waals surface area contributed by atoms with Crippen LogP contribution >= 0.6 is 0 Å². The SMILES string of the molecule is O=c1c2ccc3c4c(O)cc5c6c(ccc(c7c(O)cc(c2c37)c2nc3ccc(S(=O)(=O)O)cc3n12)c46)c(=O)n1c2cc(S(=O)(=O)O)ccc2nc51. The number of nitrogens with zero attached hydrogens (tertiary/aromatic N) is 4. The monoisotopic (exact) mass is 728 g/mol. The van der Waals surface area contributed by atoms with Crippen LogP contribution in [-0.2, 0) is 20.2 Å². The van der Waals surface area contributed by atoms with E-state index in [4.69, 9.17) is 0 Å². The molecular weight excluding hydrogens is 713 g/mol. The smallest absolute Gasteiger partial charge is 0.294 e. The van der Waals surface area contributed by atoms with Gasteiger partial charge in [0.2, 0.25) is 0 Å². The molecule has 252 valence electrons. The highest BCUT2D eigenvalue weighted by Crippen LogP contribution is 2.51. The molecule has 4 N–H and O–H groups in total. The molecule has 52 heavy (non-hydrogen) atoms. The zero-order valence-electron chi connectivity index (χ0n) is 25.8. The third-order valence-electron chi connectivity index (χ3n) is 10.3. The molecule has 0 fully saturated rings. The Bertz CT molecular complexity index is 3620. The molecule has 14 nitrogen and oxygen atoms in total. The Kier molecular flexibility index (Phi) is 5.00. The summed E-state index contributed by atoms with van der Waals surface area (Å²) in [7, 11) is -9.19. The molecule has 0 saturated heterocycles. The fraction of sp³-hybridized carbons (Fsp3) is 0. The number of hydrogen-bond donors (Lipinski definition) is 4. The number of pyridine rings is 2. The van der Waals surface area contributed by atoms with Crippen molar-refractivity contribution in [1.29, 1.82) is 0 Å². The molecule has 0 aliphatic rings. The van der Waals surface area contributed by atoms with Crippen LogP contribution < -0.4 is 11.1 Å². The Labute approximate surface area is 287 Å². The van der Waals surface area contributed by atoms with Crippen LogP contribution in [0, 0.1) is 0 Å². The standard InChI is InChI=1S/C36H16N4O10S2/c41-25-11-19-27-17(35(43)39-23-9-13(51(45,46)47)1-7-21(23)37-33(19)39)5-3-15-30-26(42)12-20-28-18(6-4-16(32(28)30)29(25)31(15)27)36(44)40-24-10-14(52(48,49)50)2-8-22(24)38-34(20)40/h1-12,41-42H,(H,45,46,47)(H,48,49,50). The van der Waals surface area contributed by atoms with E-state index in [1.165, 1.54) is 45.2 Å². The molecule has 0 spiro atoms. The normalized spacial score (nSPS) is 13.4. The third-order valence-corrected chi connectivity index (χ3v) is 12.0. The second kappa shape index (κ2) is 8.87. The predicted octanol–water partition coefficient (Wildman–Crippen LogP) is 5.15. The first-order valence-corrected chi connectivity index (χ1v) is 18.4. The number of hydrogen-bond acceptors (Lipinski definition) is 10. The second-order valence-electron chi connectivity index (χ2n) is 12.9. The summed E-state index contributed by atoms with van der Waals surface area (Å²) in [5.41, 5.74) is 0.0631. The maximum absolute atomic E-state index is 14.2. The van der Waals surface area contributed by atoms with Crippen LogP contribution in [0.1, 0.15) is 0 Å². The lowest BCUT2D eigenvalue weighted by Gasteiger charge is -2.19. The zero-order chi connectivity index (χ0) is 35.9. The van der Waals surface area contributed by atoms with E-state index in [1.54, 1.807) is 24.3 Å². The van der Waals surface area contributed by atoms with Gasteiger partial charge in [0.25, 0.3) is 31.4 Å². The summed E-state index contributed by atoms with van der Waals surface area (Å²) in [5, 5.41) is 28.3. The van der Waals surface area contributed by atoms with Crippen LogP contribution in [0.3, 0.4) is 0 Å². The lowest BCUT2D eigenvalue weighted by Crippen LogP contribution is -2.14. The van der Waals surface area contributed by atoms with Crippen LogP contribution in [0.25, 0.3) is 98.0 Å². The number of imidazole rings is 2. The first kappa shape index (κ1) is 29.3. The number of aromatic hydroxyl groups is 2. The molecule has 4 aromatic heterocycles. The quantitative estimate of drug-likeness (QED) is 0.103. The number of benzene rings is 7. The molecule has 0 aliphatic carbocycles. The van der Waals surface area contributed by atoms with Crippen molar-refractivity contribution >= 4 is 118 Å². The van der Waals surface area contributed by atoms with Crippen LogP contribution in [0.2, 0.25) is 0 Å². The van der Waals surface area contributed by atoms with Crippen molar-refractivity contribution < 1.29 is 36.2 Å². The van der Waals surface area contributed by atoms with Crippen molar-refractivity contribution in [1.82, 2.24) is 18.8 Å². The second-order valence-corrected chi connectivity index (χ2v) is 15.7. The molecule has 11 rings (SSSR count). The van der Waals surface area contributed by atoms with E-state index in [0.717, 1.165) is 12.1 Å². The van der Waals surface area contributed by atoms with Gasteiger partial charge in [0.1, 0.15) is 22.8 Å². The first-order chi connectivity index (χ1) is 24.7. The number of fused-ring (bicyclic) bond motifs is 10. The Morgan fingerprint density at radius 1 is 0.462 bits per heavy atom. The average molecular weight is 729 g/mol. The zero-order valence-corrected chi connectivity index (χ0v) is 27.4. The summed E-state index contributed by atoms with van der Waals surface area (Å²) in [4.78, 5) is 36.8. The number of aromatic nitrogens is 4. The van der Waals surface area contributed by atoms with Gasteiger partial charge >= 0.3 is 0 Å². The molecule has 11 aromatic rings. The van der Waals surface area contributed by atoms with E-state index in [9.17, 15) is 45.7 Å². The van der Waals surface area contributed by atoms with Gasteiger partial charge in [-0.25, -0.2) is 9.97 Å². The molecule has 0 atom stereocenters. The lowest BCUT2D eigenvalue weighted by atomic mass is 9.85. The van der Waals surface area contributed by atoms with Crippen LogP contribution in [-0.4, -0.2) is 54.9 Å². The molecule has 0 bridgehead atoms. The van der Waals surface area contributed by atoms with E-state index in [2.05, 4.69) is 9.97 Å². The summed E-state index contributed by atoms with van der Waals surface area (Å²) in [6, 6.07) is 16.8. The van der Waals surface area contributed by atoms with Crippen LogP contribution in [0.4, 0.5) is 0 Å². The van der Waals surface area contributed by atoms with Crippen molar-refractivity contribution in [3.8, 4) is 11.5 Å². The Hall–Kier alpha value is -6.46. The molecule has 7 aromatic carbocycles. The molecule has 0 aliphatic heterocycles. The fourth-order valence-electron chi connectivity index (χ4n) is 8.22. The predicted molar refractivity (Wildman–Crippen MR) is 193 cm³/mol. The molecule has 0 amide bonds. The maximum atomic E-state index is 14.2. The fourth-order valence-corrected chi connectivity index (χ4v) is 9.22. The molecule has 0 saturated carbocycles. The van der Waals surface area contributed by atoms with Gasteiger partial charge in [0.15, 0.2) is 0 Å². The van der Waals surface area contributed by atoms with Gasteiger partial charge in [0, 0.05) is 53.9 Å². The highest BCUT2D eigenvalue weighted by Gasteiger charge is 2.27. The first-order valence-electron chi connectivity index (χ1n) is 15.5. The minimum Gasteiger partial charge on any atom is -0.507 e. The highest BCUT2D eigenvalue weighted by molar-refractivity contribution is 7.86. The van der Waals surface area contributed by atoms with Crippen molar-refractivity contribution in [3.63, 3.8) is 0 Å². The summed E-state index contributed by atoms with van der Waals surface area (Å²) in [5.74, 6) is -0.379. The van der Waals surface area contributed by atoms with Crippen LogP contribution in [0.5, 0.6) is 11.5 Å². The van der Waals surface area contributed by atoms with Gasteiger partial charge in [0.05, 0.1) is 31.9 Å². The Balaban J connectivity index is 1.34. The van der Waals surface area contributed by atoms with Crippen molar-refractivity contribution in [3.05, 3.63) is 93.5 Å². The topological polar surface area (TPSA) is 218 Å². The van der Waals surface area contributed by atoms with Gasteiger partial charge in [-0.05, 0) is 71.4 Å². The van der Waals surface area contributed by atoms with Crippen LogP contribution in [0.15, 0.2) is 92.2 Å². The van der Waals surface area contributed by atoms with Gasteiger partial charge in [-0.2, -0.15) is 16.8 Å². The lowest BCUT2D eigenvalue weighted by molar-refractivity contribution is 0.481. The maximum Gasteiger partial charge on any atom is 0.294 e. The minimum atomic E-state index is -4.59. The summed E-state index contributed by atoms with van der Waals surface area (Å²) < 4.78 is 69.5. The summed E-state index contributed by atoms with van der Waals surface area (Å²) in [6.07, 6.45) is 0. The molecule has 0 unspecified atom stereocenters. The molecule has 0 radical (unpaired) electrons. The van der Waals surface area contributed by atoms with E-state index in [-0.39, 0.29) is 55.6 Å². The minimum absolute atomic E-state index is 0.140. The number of phenolic OH excluding ortho intramolecular Hbond substituents is 2. The van der Waals surface area contributed by atoms with E-state index in [1.807, 2.05) is 0 Å². The summed E-state index contributed by atoms with van der Waals surface area (Å²) in [6.45, 7) is 0. The third kappa shape index (κ3) is 3.34. The Morgan fingerprint density at radius 3 is 1.23 bits per heavy atom. The number of phenols is 2.